The van der Waals surface area contributed by atoms with Gasteiger partial charge in [0.1, 0.15) is 0 Å². The number of hydrogen-bond donors (Lipinski definition) is 0. The highest BCUT2D eigenvalue weighted by Crippen LogP contribution is 2.58. The number of fused-ring (bicyclic) bond motifs is 3. The quantitative estimate of drug-likeness (QED) is 0.515. The minimum Gasteiger partial charge on any atom is -0.469 e. The van der Waals surface area contributed by atoms with E-state index in [9.17, 15) is 4.79 Å². The van der Waals surface area contributed by atoms with Crippen LogP contribution in [0.5, 0.6) is 0 Å². The maximum atomic E-state index is 12.5. The van der Waals surface area contributed by atoms with Crippen molar-refractivity contribution < 1.29 is 9.53 Å². The number of hydrogen-bond acceptors (Lipinski definition) is 2. The average molecular weight is 319 g/mol. The van der Waals surface area contributed by atoms with Gasteiger partial charge in [-0.05, 0) is 81.0 Å². The molecule has 0 radical (unpaired) electrons. The van der Waals surface area contributed by atoms with E-state index in [-0.39, 0.29) is 11.4 Å². The summed E-state index contributed by atoms with van der Waals surface area (Å²) in [5.41, 5.74) is 1.44. The van der Waals surface area contributed by atoms with E-state index in [0.29, 0.717) is 11.8 Å². The first-order valence-electron chi connectivity index (χ1n) is 9.65. The summed E-state index contributed by atoms with van der Waals surface area (Å²) in [6.07, 6.45) is 9.75. The van der Waals surface area contributed by atoms with Gasteiger partial charge >= 0.3 is 5.97 Å². The monoisotopic (exact) mass is 318 g/mol. The van der Waals surface area contributed by atoms with Crippen LogP contribution in [0.1, 0.15) is 66.2 Å². The number of esters is 1. The van der Waals surface area contributed by atoms with Gasteiger partial charge in [-0.15, -0.1) is 0 Å². The number of allylic oxidation sites excluding steroid dienone is 2. The number of carbonyl (C=O) groups excluding carboxylic acids is 1. The molecule has 0 spiro atoms. The van der Waals surface area contributed by atoms with Crippen LogP contribution in [0.4, 0.5) is 0 Å². The molecule has 0 bridgehead atoms. The second kappa shape index (κ2) is 6.26. The summed E-state index contributed by atoms with van der Waals surface area (Å²) in [5.74, 6) is 4.29. The van der Waals surface area contributed by atoms with Gasteiger partial charge < -0.3 is 4.74 Å². The highest BCUT2D eigenvalue weighted by atomic mass is 16.5. The topological polar surface area (TPSA) is 26.3 Å². The second-order valence-corrected chi connectivity index (χ2v) is 9.02. The zero-order valence-electron chi connectivity index (χ0n) is 15.6. The van der Waals surface area contributed by atoms with E-state index in [2.05, 4.69) is 33.8 Å². The fourth-order valence-corrected chi connectivity index (χ4v) is 5.96. The van der Waals surface area contributed by atoms with Crippen molar-refractivity contribution in [1.82, 2.24) is 0 Å². The Bertz CT molecular complexity index is 492. The van der Waals surface area contributed by atoms with E-state index >= 15 is 0 Å². The van der Waals surface area contributed by atoms with Gasteiger partial charge in [0.05, 0.1) is 12.5 Å². The molecular formula is C21H34O2. The second-order valence-electron chi connectivity index (χ2n) is 9.02. The van der Waals surface area contributed by atoms with Crippen molar-refractivity contribution in [1.29, 1.82) is 0 Å². The minimum atomic E-state index is -0.275. The predicted octanol–water partition coefficient (Wildman–Crippen LogP) is 5.23. The van der Waals surface area contributed by atoms with Gasteiger partial charge in [-0.2, -0.15) is 0 Å². The van der Waals surface area contributed by atoms with Gasteiger partial charge in [-0.1, -0.05) is 32.4 Å². The van der Waals surface area contributed by atoms with Crippen LogP contribution in [-0.2, 0) is 9.53 Å². The molecule has 23 heavy (non-hydrogen) atoms. The van der Waals surface area contributed by atoms with Crippen LogP contribution < -0.4 is 0 Å². The van der Waals surface area contributed by atoms with Gasteiger partial charge in [0.2, 0.25) is 0 Å². The largest absolute Gasteiger partial charge is 0.469 e. The Balaban J connectivity index is 1.89. The van der Waals surface area contributed by atoms with E-state index in [1.54, 1.807) is 12.7 Å². The predicted molar refractivity (Wildman–Crippen MR) is 93.9 cm³/mol. The first-order valence-corrected chi connectivity index (χ1v) is 9.65. The van der Waals surface area contributed by atoms with Crippen molar-refractivity contribution in [2.45, 2.75) is 66.2 Å². The molecule has 2 heteroatoms. The van der Waals surface area contributed by atoms with Crippen LogP contribution in [0.2, 0.25) is 0 Å². The van der Waals surface area contributed by atoms with Crippen LogP contribution in [0.25, 0.3) is 0 Å². The standard InChI is InChI=1S/C21H34O2/c1-13(2)15-6-8-17-16(12-15)7-9-18-19(17)14(3)10-11-21(18,4)20(22)23-5/h7,13-15,17-19H,6,8-12H2,1-5H3/t14-,15?,17?,18?,19?,21?/m0/s1. The van der Waals surface area contributed by atoms with Crippen LogP contribution in [0.3, 0.4) is 0 Å². The van der Waals surface area contributed by atoms with E-state index in [1.165, 1.54) is 25.7 Å². The lowest BCUT2D eigenvalue weighted by Crippen LogP contribution is -2.50. The lowest BCUT2D eigenvalue weighted by molar-refractivity contribution is -0.163. The molecule has 0 aromatic rings. The summed E-state index contributed by atoms with van der Waals surface area (Å²) in [4.78, 5) is 12.5. The Morgan fingerprint density at radius 3 is 2.70 bits per heavy atom. The molecule has 0 aromatic heterocycles. The highest BCUT2D eigenvalue weighted by Gasteiger charge is 2.54. The molecular weight excluding hydrogens is 284 g/mol. The minimum absolute atomic E-state index is 0.0205. The average Bonchev–Trinajstić information content (AvgIpc) is 2.56. The Labute approximate surface area is 142 Å². The maximum Gasteiger partial charge on any atom is 0.311 e. The third-order valence-electron chi connectivity index (χ3n) is 7.57. The van der Waals surface area contributed by atoms with Gasteiger partial charge in [0.25, 0.3) is 0 Å². The molecule has 0 aliphatic heterocycles. The molecule has 3 aliphatic carbocycles. The number of ether oxygens (including phenoxy) is 1. The molecule has 2 fully saturated rings. The Morgan fingerprint density at radius 2 is 2.04 bits per heavy atom. The van der Waals surface area contributed by atoms with Crippen LogP contribution in [0.15, 0.2) is 11.6 Å². The summed E-state index contributed by atoms with van der Waals surface area (Å²) < 4.78 is 5.20. The summed E-state index contributed by atoms with van der Waals surface area (Å²) in [6.45, 7) is 9.33. The third-order valence-corrected chi connectivity index (χ3v) is 7.57. The van der Waals surface area contributed by atoms with E-state index < -0.39 is 0 Å². The van der Waals surface area contributed by atoms with Gasteiger partial charge in [-0.3, -0.25) is 4.79 Å². The summed E-state index contributed by atoms with van der Waals surface area (Å²) in [5, 5.41) is 0. The van der Waals surface area contributed by atoms with E-state index in [4.69, 9.17) is 4.74 Å². The molecule has 0 N–H and O–H groups in total. The summed E-state index contributed by atoms with van der Waals surface area (Å²) in [6, 6.07) is 0. The molecule has 2 nitrogen and oxygen atoms in total. The SMILES string of the molecule is COC(=O)C1(C)CC[C@H](C)C2C3CCC(C(C)C)CC3=CCC21. The molecule has 5 unspecified atom stereocenters. The van der Waals surface area contributed by atoms with Crippen molar-refractivity contribution in [2.24, 2.45) is 40.9 Å². The fourth-order valence-electron chi connectivity index (χ4n) is 5.96. The van der Waals surface area contributed by atoms with Crippen molar-refractivity contribution in [2.75, 3.05) is 7.11 Å². The zero-order valence-corrected chi connectivity index (χ0v) is 15.6. The third kappa shape index (κ3) is 2.76. The Morgan fingerprint density at radius 1 is 1.30 bits per heavy atom. The first kappa shape index (κ1) is 17.0. The molecule has 0 saturated heterocycles. The van der Waals surface area contributed by atoms with E-state index in [1.807, 2.05) is 0 Å². The molecule has 0 aromatic carbocycles. The Hall–Kier alpha value is -0.790. The maximum absolute atomic E-state index is 12.5. The van der Waals surface area contributed by atoms with Crippen LogP contribution >= 0.6 is 0 Å². The summed E-state index contributed by atoms with van der Waals surface area (Å²) in [7, 11) is 1.55. The number of carbonyl (C=O) groups is 1. The molecule has 2 saturated carbocycles. The molecule has 0 heterocycles. The molecule has 0 amide bonds. The van der Waals surface area contributed by atoms with E-state index in [0.717, 1.165) is 36.5 Å². The molecule has 3 aliphatic rings. The fraction of sp³-hybridized carbons (Fsp3) is 0.857. The zero-order chi connectivity index (χ0) is 16.8. The van der Waals surface area contributed by atoms with Crippen LogP contribution in [0, 0.1) is 40.9 Å². The summed E-state index contributed by atoms with van der Waals surface area (Å²) >= 11 is 0. The normalized spacial score (nSPS) is 43.4. The van der Waals surface area contributed by atoms with Crippen molar-refractivity contribution >= 4 is 5.97 Å². The first-order chi connectivity index (χ1) is 10.9. The number of methoxy groups -OCH3 is 1. The van der Waals surface area contributed by atoms with Crippen LogP contribution in [-0.4, -0.2) is 13.1 Å². The molecule has 6 atom stereocenters. The highest BCUT2D eigenvalue weighted by molar-refractivity contribution is 5.77. The Kier molecular flexibility index (Phi) is 4.64. The van der Waals surface area contributed by atoms with Gasteiger partial charge in [0, 0.05) is 0 Å². The van der Waals surface area contributed by atoms with Crippen molar-refractivity contribution in [3.63, 3.8) is 0 Å². The lowest BCUT2D eigenvalue weighted by Gasteiger charge is -2.54. The van der Waals surface area contributed by atoms with Gasteiger partial charge in [-0.25, -0.2) is 0 Å². The molecule has 3 rings (SSSR count). The van der Waals surface area contributed by atoms with Crippen molar-refractivity contribution in [3.05, 3.63) is 11.6 Å². The number of rotatable bonds is 2. The lowest BCUT2D eigenvalue weighted by atomic mass is 9.50. The van der Waals surface area contributed by atoms with Crippen molar-refractivity contribution in [3.8, 4) is 0 Å². The van der Waals surface area contributed by atoms with Gasteiger partial charge in [0.15, 0.2) is 0 Å². The molecule has 130 valence electrons. The smallest absolute Gasteiger partial charge is 0.311 e.